The minimum Gasteiger partial charge on any atom is -0.454 e. The molecule has 0 unspecified atom stereocenters. The molecule has 0 saturated heterocycles. The third-order valence-electron chi connectivity index (χ3n) is 5.51. The fourth-order valence-electron chi connectivity index (χ4n) is 3.68. The zero-order valence-corrected chi connectivity index (χ0v) is 19.7. The Hall–Kier alpha value is -4.57. The maximum Gasteiger partial charge on any atom is 0.281 e. The third kappa shape index (κ3) is 5.19. The first-order chi connectivity index (χ1) is 17.7. The van der Waals surface area contributed by atoms with Crippen LogP contribution < -0.4 is 9.46 Å². The van der Waals surface area contributed by atoms with Gasteiger partial charge in [-0.3, -0.25) is 4.79 Å². The van der Waals surface area contributed by atoms with Gasteiger partial charge in [-0.2, -0.15) is 0 Å². The standard InChI is InChI=1S/C27H17F3N2O4S/c28-19-6-4-16(5-7-19)17-2-1-3-22(12-17)37(34,35)32-27(33)25-13-18-14-26(23(30)15-24(18)31-25)36-21-10-8-20(29)9-11-21/h1-15,31H,(H,32,33). The van der Waals surface area contributed by atoms with Crippen molar-refractivity contribution >= 4 is 26.8 Å². The Morgan fingerprint density at radius 2 is 1.46 bits per heavy atom. The van der Waals surface area contributed by atoms with Crippen molar-refractivity contribution in [1.82, 2.24) is 9.71 Å². The lowest BCUT2D eigenvalue weighted by molar-refractivity contribution is 0.0977. The second-order valence-electron chi connectivity index (χ2n) is 8.08. The van der Waals surface area contributed by atoms with Crippen molar-refractivity contribution in [2.45, 2.75) is 4.90 Å². The first-order valence-corrected chi connectivity index (χ1v) is 12.4. The minimum absolute atomic E-state index is 0.119. The molecule has 37 heavy (non-hydrogen) atoms. The Bertz CT molecular complexity index is 1730. The van der Waals surface area contributed by atoms with Gasteiger partial charge in [0.2, 0.25) is 0 Å². The average Bonchev–Trinajstić information content (AvgIpc) is 3.29. The van der Waals surface area contributed by atoms with Crippen molar-refractivity contribution in [3.8, 4) is 22.6 Å². The predicted octanol–water partition coefficient (Wildman–Crippen LogP) is 6.16. The number of amides is 1. The highest BCUT2D eigenvalue weighted by molar-refractivity contribution is 7.90. The van der Waals surface area contributed by atoms with Crippen LogP contribution in [0.4, 0.5) is 13.2 Å². The van der Waals surface area contributed by atoms with Gasteiger partial charge in [0.1, 0.15) is 23.1 Å². The Labute approximate surface area is 209 Å². The van der Waals surface area contributed by atoms with E-state index in [4.69, 9.17) is 4.74 Å². The number of halogens is 3. The topological polar surface area (TPSA) is 88.3 Å². The van der Waals surface area contributed by atoms with E-state index in [1.807, 2.05) is 4.72 Å². The van der Waals surface area contributed by atoms with Crippen LogP contribution in [0, 0.1) is 17.5 Å². The number of ether oxygens (including phenoxy) is 1. The van der Waals surface area contributed by atoms with Crippen molar-refractivity contribution in [2.24, 2.45) is 0 Å². The van der Waals surface area contributed by atoms with Crippen LogP contribution in [0.1, 0.15) is 10.5 Å². The zero-order chi connectivity index (χ0) is 26.2. The number of aromatic amines is 1. The van der Waals surface area contributed by atoms with Gasteiger partial charge >= 0.3 is 0 Å². The molecular weight excluding hydrogens is 505 g/mol. The van der Waals surface area contributed by atoms with Crippen molar-refractivity contribution in [1.29, 1.82) is 0 Å². The molecule has 5 rings (SSSR count). The molecule has 5 aromatic rings. The second kappa shape index (κ2) is 9.47. The van der Waals surface area contributed by atoms with Gasteiger partial charge in [0, 0.05) is 17.0 Å². The molecule has 0 aliphatic carbocycles. The van der Waals surface area contributed by atoms with E-state index in [1.165, 1.54) is 78.9 Å². The van der Waals surface area contributed by atoms with Crippen LogP contribution in [-0.4, -0.2) is 19.3 Å². The molecule has 1 aromatic heterocycles. The number of fused-ring (bicyclic) bond motifs is 1. The molecule has 6 nitrogen and oxygen atoms in total. The van der Waals surface area contributed by atoms with E-state index in [0.29, 0.717) is 16.5 Å². The molecule has 1 amide bonds. The van der Waals surface area contributed by atoms with E-state index >= 15 is 0 Å². The summed E-state index contributed by atoms with van der Waals surface area (Å²) in [5, 5.41) is 0.388. The lowest BCUT2D eigenvalue weighted by Gasteiger charge is -2.08. The summed E-state index contributed by atoms with van der Waals surface area (Å²) < 4.78 is 74.1. The highest BCUT2D eigenvalue weighted by Gasteiger charge is 2.21. The molecule has 1 heterocycles. The van der Waals surface area contributed by atoms with Crippen LogP contribution in [0.2, 0.25) is 0 Å². The van der Waals surface area contributed by atoms with E-state index in [-0.39, 0.29) is 27.6 Å². The first-order valence-electron chi connectivity index (χ1n) is 10.9. The van der Waals surface area contributed by atoms with Crippen molar-refractivity contribution in [3.05, 3.63) is 114 Å². The Morgan fingerprint density at radius 3 is 2.16 bits per heavy atom. The molecule has 0 radical (unpaired) electrons. The molecule has 0 saturated carbocycles. The second-order valence-corrected chi connectivity index (χ2v) is 9.76. The summed E-state index contributed by atoms with van der Waals surface area (Å²) in [6.45, 7) is 0. The Kier molecular flexibility index (Phi) is 6.18. The number of rotatable bonds is 6. The highest BCUT2D eigenvalue weighted by atomic mass is 32.2. The van der Waals surface area contributed by atoms with Crippen molar-refractivity contribution < 1.29 is 31.1 Å². The number of carbonyl (C=O) groups is 1. The van der Waals surface area contributed by atoms with E-state index in [2.05, 4.69) is 4.98 Å². The summed E-state index contributed by atoms with van der Waals surface area (Å²) in [7, 11) is -4.27. The maximum absolute atomic E-state index is 14.6. The molecule has 0 fully saturated rings. The summed E-state index contributed by atoms with van der Waals surface area (Å²) in [4.78, 5) is 15.3. The minimum atomic E-state index is -4.27. The monoisotopic (exact) mass is 522 g/mol. The van der Waals surface area contributed by atoms with Gasteiger partial charge in [0.05, 0.1) is 4.90 Å². The summed E-state index contributed by atoms with van der Waals surface area (Å²) >= 11 is 0. The number of H-pyrrole nitrogens is 1. The molecule has 2 N–H and O–H groups in total. The summed E-state index contributed by atoms with van der Waals surface area (Å²) in [6, 6.07) is 20.2. The van der Waals surface area contributed by atoms with Crippen LogP contribution in [0.3, 0.4) is 0 Å². The van der Waals surface area contributed by atoms with Crippen LogP contribution in [0.5, 0.6) is 11.5 Å². The molecule has 0 atom stereocenters. The normalized spacial score (nSPS) is 11.4. The number of benzene rings is 4. The zero-order valence-electron chi connectivity index (χ0n) is 18.8. The number of hydrogen-bond acceptors (Lipinski definition) is 4. The molecule has 4 aromatic carbocycles. The quantitative estimate of drug-likeness (QED) is 0.280. The van der Waals surface area contributed by atoms with Gasteiger partial charge in [0.15, 0.2) is 11.6 Å². The molecule has 10 heteroatoms. The highest BCUT2D eigenvalue weighted by Crippen LogP contribution is 2.30. The predicted molar refractivity (Wildman–Crippen MR) is 131 cm³/mol. The molecule has 0 spiro atoms. The largest absolute Gasteiger partial charge is 0.454 e. The Morgan fingerprint density at radius 1 is 0.784 bits per heavy atom. The van der Waals surface area contributed by atoms with Gasteiger partial charge in [-0.05, 0) is 71.8 Å². The summed E-state index contributed by atoms with van der Waals surface area (Å²) in [5.41, 5.74) is 1.24. The van der Waals surface area contributed by atoms with Gasteiger partial charge in [0.25, 0.3) is 15.9 Å². The lowest BCUT2D eigenvalue weighted by Crippen LogP contribution is -2.30. The van der Waals surface area contributed by atoms with E-state index in [9.17, 15) is 26.4 Å². The van der Waals surface area contributed by atoms with Crippen LogP contribution in [-0.2, 0) is 10.0 Å². The Balaban J connectivity index is 1.38. The molecule has 0 aliphatic heterocycles. The van der Waals surface area contributed by atoms with Gasteiger partial charge in [-0.1, -0.05) is 24.3 Å². The number of aromatic nitrogens is 1. The molecule has 0 aliphatic rings. The lowest BCUT2D eigenvalue weighted by atomic mass is 10.1. The van der Waals surface area contributed by atoms with Gasteiger partial charge in [-0.25, -0.2) is 26.3 Å². The van der Waals surface area contributed by atoms with Crippen LogP contribution in [0.15, 0.2) is 95.9 Å². The smallest absolute Gasteiger partial charge is 0.281 e. The molecule has 0 bridgehead atoms. The summed E-state index contributed by atoms with van der Waals surface area (Å²) in [5.74, 6) is -2.54. The van der Waals surface area contributed by atoms with E-state index in [1.54, 1.807) is 6.07 Å². The third-order valence-corrected chi connectivity index (χ3v) is 6.84. The average molecular weight is 523 g/mol. The van der Waals surface area contributed by atoms with Gasteiger partial charge < -0.3 is 9.72 Å². The maximum atomic E-state index is 14.6. The number of carbonyl (C=O) groups excluding carboxylic acids is 1. The number of hydrogen-bond donors (Lipinski definition) is 2. The molecule has 186 valence electrons. The number of sulfonamides is 1. The van der Waals surface area contributed by atoms with Gasteiger partial charge in [-0.15, -0.1) is 0 Å². The van der Waals surface area contributed by atoms with Crippen molar-refractivity contribution in [2.75, 3.05) is 0 Å². The fourth-order valence-corrected chi connectivity index (χ4v) is 4.70. The SMILES string of the molecule is O=C(NS(=O)(=O)c1cccc(-c2ccc(F)cc2)c1)c1cc2cc(Oc3ccc(F)cc3)c(F)cc2[nH]1. The van der Waals surface area contributed by atoms with Crippen LogP contribution in [0.25, 0.3) is 22.0 Å². The summed E-state index contributed by atoms with van der Waals surface area (Å²) in [6.07, 6.45) is 0. The number of nitrogens with one attached hydrogen (secondary N) is 2. The van der Waals surface area contributed by atoms with Crippen LogP contribution >= 0.6 is 0 Å². The molecular formula is C27H17F3N2O4S. The van der Waals surface area contributed by atoms with E-state index in [0.717, 1.165) is 6.07 Å². The van der Waals surface area contributed by atoms with Crippen molar-refractivity contribution in [3.63, 3.8) is 0 Å². The van der Waals surface area contributed by atoms with E-state index < -0.39 is 33.4 Å². The first kappa shape index (κ1) is 24.1. The fraction of sp³-hybridized carbons (Fsp3) is 0.